The van der Waals surface area contributed by atoms with Crippen molar-refractivity contribution < 1.29 is 9.18 Å². The monoisotopic (exact) mass is 409 g/mol. The summed E-state index contributed by atoms with van der Waals surface area (Å²) in [6.07, 6.45) is 12.6. The topological polar surface area (TPSA) is 35.6 Å². The van der Waals surface area contributed by atoms with Gasteiger partial charge in [0.2, 0.25) is 0 Å². The molecule has 2 fully saturated rings. The van der Waals surface area contributed by atoms with E-state index < -0.39 is 0 Å². The molecule has 1 heterocycles. The zero-order chi connectivity index (χ0) is 20.9. The lowest BCUT2D eigenvalue weighted by molar-refractivity contribution is 0.0956. The Hall–Kier alpha value is -2.14. The van der Waals surface area contributed by atoms with Crippen LogP contribution < -0.4 is 5.32 Å². The van der Waals surface area contributed by atoms with E-state index in [0.29, 0.717) is 17.5 Å². The van der Waals surface area contributed by atoms with E-state index >= 15 is 0 Å². The maximum absolute atomic E-state index is 13.6. The van der Waals surface area contributed by atoms with E-state index in [1.165, 1.54) is 42.5 Å². The van der Waals surface area contributed by atoms with E-state index in [4.69, 9.17) is 0 Å². The number of rotatable bonds is 3. The van der Waals surface area contributed by atoms with Crippen LogP contribution in [0.3, 0.4) is 0 Å². The van der Waals surface area contributed by atoms with Gasteiger partial charge in [0.15, 0.2) is 0 Å². The van der Waals surface area contributed by atoms with Gasteiger partial charge in [-0.1, -0.05) is 36.3 Å². The quantitative estimate of drug-likeness (QED) is 0.778. The summed E-state index contributed by atoms with van der Waals surface area (Å²) in [6.45, 7) is 0.732. The number of allylic oxidation sites excluding steroid dienone is 1. The van der Waals surface area contributed by atoms with Crippen molar-refractivity contribution in [3.63, 3.8) is 0 Å². The van der Waals surface area contributed by atoms with Crippen LogP contribution in [0.25, 0.3) is 0 Å². The van der Waals surface area contributed by atoms with Crippen molar-refractivity contribution in [1.29, 1.82) is 0 Å². The molecule has 2 amide bonds. The molecular weight excluding hydrogens is 377 g/mol. The van der Waals surface area contributed by atoms with Crippen LogP contribution in [0.1, 0.15) is 56.6 Å². The Bertz CT molecular complexity index is 880. The summed E-state index contributed by atoms with van der Waals surface area (Å²) >= 11 is 0. The highest BCUT2D eigenvalue weighted by molar-refractivity contribution is 5.76. The summed E-state index contributed by atoms with van der Waals surface area (Å²) in [5, 5.41) is 3.30. The largest absolute Gasteiger partial charge is 0.325 e. The molecule has 0 unspecified atom stereocenters. The van der Waals surface area contributed by atoms with E-state index in [2.05, 4.69) is 17.5 Å². The fraction of sp³-hybridized carbons (Fsp3) is 0.560. The van der Waals surface area contributed by atoms with Crippen LogP contribution in [0, 0.1) is 11.2 Å². The number of amides is 2. The third-order valence-corrected chi connectivity index (χ3v) is 8.00. The first-order chi connectivity index (χ1) is 14.5. The Balaban J connectivity index is 1.44. The minimum atomic E-state index is -0.237. The maximum atomic E-state index is 13.6. The van der Waals surface area contributed by atoms with Gasteiger partial charge in [-0.25, -0.2) is 9.18 Å². The Morgan fingerprint density at radius 2 is 1.97 bits per heavy atom. The predicted octanol–water partition coefficient (Wildman–Crippen LogP) is 4.80. The van der Waals surface area contributed by atoms with Crippen LogP contribution in [-0.4, -0.2) is 48.6 Å². The van der Waals surface area contributed by atoms with Gasteiger partial charge in [0.25, 0.3) is 0 Å². The second kappa shape index (κ2) is 7.52. The molecule has 3 aliphatic carbocycles. The molecule has 160 valence electrons. The first kappa shape index (κ1) is 19.8. The lowest BCUT2D eigenvalue weighted by Crippen LogP contribution is -2.56. The minimum absolute atomic E-state index is 0.0905. The van der Waals surface area contributed by atoms with Gasteiger partial charge in [0, 0.05) is 25.7 Å². The first-order valence-corrected chi connectivity index (χ1v) is 11.4. The summed E-state index contributed by atoms with van der Waals surface area (Å²) < 4.78 is 13.6. The van der Waals surface area contributed by atoms with Crippen molar-refractivity contribution in [3.05, 3.63) is 58.9 Å². The standard InChI is InChI=1S/C25H32FN3O/c1-27-20-14-21(15-20)28(2)24(30)29-13-9-18-16-25(10-3-11-25)12-8-22(18)23(29)17-4-6-19(26)7-5-17/h4-8,12,20-21,23,27H,3,9-11,13-16H2,1-2H3/t20-,21-,23-/m0/s1. The van der Waals surface area contributed by atoms with E-state index in [0.717, 1.165) is 37.8 Å². The maximum Gasteiger partial charge on any atom is 0.320 e. The zero-order valence-corrected chi connectivity index (χ0v) is 18.0. The summed E-state index contributed by atoms with van der Waals surface area (Å²) in [7, 11) is 3.92. The molecule has 1 aromatic rings. The SMILES string of the molecule is CN[C@H]1C[C@H](N(C)C(=O)N2CCC3=C(C=CC4(CCC4)C3)[C@@H]2c2ccc(F)cc2)C1. The number of carbonyl (C=O) groups excluding carboxylic acids is 1. The van der Waals surface area contributed by atoms with E-state index in [1.54, 1.807) is 0 Å². The lowest BCUT2D eigenvalue weighted by atomic mass is 9.61. The van der Waals surface area contributed by atoms with Crippen molar-refractivity contribution in [1.82, 2.24) is 15.1 Å². The Morgan fingerprint density at radius 1 is 1.23 bits per heavy atom. The number of hydrogen-bond acceptors (Lipinski definition) is 2. The molecule has 4 aliphatic rings. The Kier molecular flexibility index (Phi) is 4.97. The number of nitrogens with zero attached hydrogens (tertiary/aromatic N) is 2. The molecule has 1 aliphatic heterocycles. The van der Waals surface area contributed by atoms with Crippen LogP contribution >= 0.6 is 0 Å². The number of carbonyl (C=O) groups is 1. The van der Waals surface area contributed by atoms with E-state index in [1.807, 2.05) is 36.0 Å². The smallest absolute Gasteiger partial charge is 0.320 e. The molecular formula is C25H32FN3O. The van der Waals surface area contributed by atoms with Crippen LogP contribution in [0.4, 0.5) is 9.18 Å². The van der Waals surface area contributed by atoms with Crippen LogP contribution in [0.5, 0.6) is 0 Å². The van der Waals surface area contributed by atoms with Gasteiger partial charge in [-0.05, 0) is 74.3 Å². The molecule has 0 aromatic heterocycles. The highest BCUT2D eigenvalue weighted by atomic mass is 19.1. The van der Waals surface area contributed by atoms with Crippen LogP contribution in [0.2, 0.25) is 0 Å². The summed E-state index contributed by atoms with van der Waals surface area (Å²) in [5.41, 5.74) is 4.12. The van der Waals surface area contributed by atoms with Gasteiger partial charge < -0.3 is 15.1 Å². The third kappa shape index (κ3) is 3.27. The molecule has 2 saturated carbocycles. The molecule has 0 bridgehead atoms. The first-order valence-electron chi connectivity index (χ1n) is 11.4. The van der Waals surface area contributed by atoms with E-state index in [-0.39, 0.29) is 17.9 Å². The zero-order valence-electron chi connectivity index (χ0n) is 18.0. The molecule has 1 aromatic carbocycles. The van der Waals surface area contributed by atoms with Gasteiger partial charge in [-0.2, -0.15) is 0 Å². The molecule has 1 N–H and O–H groups in total. The lowest BCUT2D eigenvalue weighted by Gasteiger charge is -2.49. The fourth-order valence-corrected chi connectivity index (χ4v) is 5.72. The van der Waals surface area contributed by atoms with Crippen molar-refractivity contribution in [2.24, 2.45) is 5.41 Å². The minimum Gasteiger partial charge on any atom is -0.325 e. The van der Waals surface area contributed by atoms with Crippen LogP contribution in [-0.2, 0) is 0 Å². The molecule has 0 saturated heterocycles. The van der Waals surface area contributed by atoms with E-state index in [9.17, 15) is 9.18 Å². The number of benzene rings is 1. The van der Waals surface area contributed by atoms with Crippen molar-refractivity contribution in [3.8, 4) is 0 Å². The van der Waals surface area contributed by atoms with Gasteiger partial charge in [-0.3, -0.25) is 0 Å². The molecule has 1 spiro atoms. The Morgan fingerprint density at radius 3 is 2.60 bits per heavy atom. The number of urea groups is 1. The van der Waals surface area contributed by atoms with Gasteiger partial charge >= 0.3 is 6.03 Å². The van der Waals surface area contributed by atoms with Crippen LogP contribution in [0.15, 0.2) is 47.6 Å². The second-order valence-corrected chi connectivity index (χ2v) is 9.69. The summed E-state index contributed by atoms with van der Waals surface area (Å²) in [5.74, 6) is -0.237. The highest BCUT2D eigenvalue weighted by Crippen LogP contribution is 2.53. The molecule has 30 heavy (non-hydrogen) atoms. The van der Waals surface area contributed by atoms with Gasteiger partial charge in [-0.15, -0.1) is 0 Å². The van der Waals surface area contributed by atoms with Gasteiger partial charge in [0.05, 0.1) is 6.04 Å². The highest BCUT2D eigenvalue weighted by Gasteiger charge is 2.43. The van der Waals surface area contributed by atoms with Gasteiger partial charge in [0.1, 0.15) is 5.82 Å². The van der Waals surface area contributed by atoms with Crippen molar-refractivity contribution in [2.75, 3.05) is 20.6 Å². The Labute approximate surface area is 178 Å². The third-order valence-electron chi connectivity index (χ3n) is 8.00. The second-order valence-electron chi connectivity index (χ2n) is 9.69. The molecule has 0 radical (unpaired) electrons. The predicted molar refractivity (Wildman–Crippen MR) is 117 cm³/mol. The molecule has 4 nitrogen and oxygen atoms in total. The van der Waals surface area contributed by atoms with Crippen molar-refractivity contribution >= 4 is 6.03 Å². The summed E-state index contributed by atoms with van der Waals surface area (Å²) in [4.78, 5) is 17.5. The number of nitrogens with one attached hydrogen (secondary N) is 1. The normalized spacial score (nSPS) is 29.3. The number of hydrogen-bond donors (Lipinski definition) is 1. The average molecular weight is 410 g/mol. The molecule has 5 rings (SSSR count). The average Bonchev–Trinajstić information content (AvgIpc) is 2.70. The number of halogens is 1. The molecule has 1 atom stereocenters. The molecule has 5 heteroatoms. The van der Waals surface area contributed by atoms with Crippen molar-refractivity contribution in [2.45, 2.75) is 63.1 Å². The summed E-state index contributed by atoms with van der Waals surface area (Å²) in [6, 6.07) is 7.48. The fourth-order valence-electron chi connectivity index (χ4n) is 5.72.